The third kappa shape index (κ3) is 2.56. The number of fused-ring (bicyclic) bond motifs is 1. The van der Waals surface area contributed by atoms with Gasteiger partial charge >= 0.3 is 0 Å². The van der Waals surface area contributed by atoms with E-state index in [2.05, 4.69) is 46.6 Å². The Kier molecular flexibility index (Phi) is 3.72. The average molecular weight is 366 g/mol. The standard InChI is InChI=1S/C23H18N4O/c1-15-20(23(28)26-25-15)22-21(24-19-9-5-6-14-27(19)22)18-12-10-17(11-13-18)16-7-3-2-4-8-16/h2-14H,1H3,(H2,25,26,28). The number of nitrogens with one attached hydrogen (secondary N) is 2. The molecule has 3 heterocycles. The van der Waals surface area contributed by atoms with E-state index in [-0.39, 0.29) is 5.56 Å². The van der Waals surface area contributed by atoms with Gasteiger partial charge in [0.1, 0.15) is 5.65 Å². The molecule has 5 nitrogen and oxygen atoms in total. The summed E-state index contributed by atoms with van der Waals surface area (Å²) in [5.74, 6) is 0. The second kappa shape index (κ2) is 6.39. The molecule has 0 saturated carbocycles. The molecule has 0 amide bonds. The Bertz CT molecular complexity index is 1320. The van der Waals surface area contributed by atoms with Crippen molar-refractivity contribution in [1.29, 1.82) is 0 Å². The number of aryl methyl sites for hydroxylation is 1. The van der Waals surface area contributed by atoms with Crippen LogP contribution in [-0.4, -0.2) is 19.6 Å². The number of pyridine rings is 1. The van der Waals surface area contributed by atoms with E-state index < -0.39 is 0 Å². The monoisotopic (exact) mass is 366 g/mol. The fourth-order valence-corrected chi connectivity index (χ4v) is 3.62. The van der Waals surface area contributed by atoms with E-state index in [0.29, 0.717) is 5.56 Å². The van der Waals surface area contributed by atoms with Crippen molar-refractivity contribution in [3.8, 4) is 33.6 Å². The molecule has 0 bridgehead atoms. The lowest BCUT2D eigenvalue weighted by Crippen LogP contribution is -2.04. The molecule has 2 aromatic carbocycles. The minimum absolute atomic E-state index is 0.148. The van der Waals surface area contributed by atoms with Gasteiger partial charge in [-0.15, -0.1) is 0 Å². The number of benzene rings is 2. The SMILES string of the molecule is Cc1[nH][nH]c(=O)c1-c1c(-c2ccc(-c3ccccc3)cc2)nc2ccccn12. The van der Waals surface area contributed by atoms with E-state index in [1.165, 1.54) is 5.56 Å². The first-order valence-corrected chi connectivity index (χ1v) is 9.13. The van der Waals surface area contributed by atoms with Crippen LogP contribution in [-0.2, 0) is 0 Å². The number of hydrogen-bond acceptors (Lipinski definition) is 2. The Hall–Kier alpha value is -3.86. The van der Waals surface area contributed by atoms with E-state index >= 15 is 0 Å². The Labute approximate surface area is 161 Å². The Morgan fingerprint density at radius 1 is 0.786 bits per heavy atom. The van der Waals surface area contributed by atoms with Crippen LogP contribution in [0.5, 0.6) is 0 Å². The van der Waals surface area contributed by atoms with Crippen LogP contribution in [0.25, 0.3) is 39.3 Å². The van der Waals surface area contributed by atoms with E-state index in [0.717, 1.165) is 33.9 Å². The minimum Gasteiger partial charge on any atom is -0.302 e. The van der Waals surface area contributed by atoms with E-state index in [1.807, 2.05) is 53.9 Å². The molecule has 136 valence electrons. The molecular weight excluding hydrogens is 348 g/mol. The largest absolute Gasteiger partial charge is 0.302 e. The number of nitrogens with zero attached hydrogens (tertiary/aromatic N) is 2. The molecule has 0 aliphatic carbocycles. The van der Waals surface area contributed by atoms with Gasteiger partial charge in [0, 0.05) is 17.5 Å². The van der Waals surface area contributed by atoms with Crippen LogP contribution in [0.15, 0.2) is 83.8 Å². The van der Waals surface area contributed by atoms with Gasteiger partial charge < -0.3 is 5.10 Å². The second-order valence-corrected chi connectivity index (χ2v) is 6.76. The summed E-state index contributed by atoms with van der Waals surface area (Å²) in [5, 5.41) is 5.60. The predicted octanol–water partition coefficient (Wildman–Crippen LogP) is 4.66. The summed E-state index contributed by atoms with van der Waals surface area (Å²) in [7, 11) is 0. The first-order chi connectivity index (χ1) is 13.7. The lowest BCUT2D eigenvalue weighted by molar-refractivity contribution is 1.02. The molecule has 0 aliphatic heterocycles. The van der Waals surface area contributed by atoms with Crippen molar-refractivity contribution in [2.45, 2.75) is 6.92 Å². The van der Waals surface area contributed by atoms with Gasteiger partial charge in [0.15, 0.2) is 0 Å². The maximum atomic E-state index is 12.5. The quantitative estimate of drug-likeness (QED) is 0.488. The molecule has 28 heavy (non-hydrogen) atoms. The van der Waals surface area contributed by atoms with Crippen LogP contribution < -0.4 is 5.56 Å². The number of rotatable bonds is 3. The van der Waals surface area contributed by atoms with Crippen molar-refractivity contribution >= 4 is 5.65 Å². The van der Waals surface area contributed by atoms with Gasteiger partial charge in [0.25, 0.3) is 5.56 Å². The lowest BCUT2D eigenvalue weighted by Gasteiger charge is -2.06. The number of imidazole rings is 1. The summed E-state index contributed by atoms with van der Waals surface area (Å²) in [5.41, 5.74) is 6.93. The van der Waals surface area contributed by atoms with Gasteiger partial charge in [-0.25, -0.2) is 4.98 Å². The normalized spacial score (nSPS) is 11.2. The summed E-state index contributed by atoms with van der Waals surface area (Å²) in [4.78, 5) is 17.3. The van der Waals surface area contributed by atoms with Gasteiger partial charge in [0.05, 0.1) is 17.0 Å². The van der Waals surface area contributed by atoms with Gasteiger partial charge in [0.2, 0.25) is 0 Å². The highest BCUT2D eigenvalue weighted by Crippen LogP contribution is 2.33. The molecule has 0 spiro atoms. The van der Waals surface area contributed by atoms with Gasteiger partial charge in [-0.2, -0.15) is 0 Å². The molecule has 5 aromatic rings. The fourth-order valence-electron chi connectivity index (χ4n) is 3.62. The van der Waals surface area contributed by atoms with Crippen molar-refractivity contribution < 1.29 is 0 Å². The molecule has 2 N–H and O–H groups in total. The fraction of sp³-hybridized carbons (Fsp3) is 0.0435. The van der Waals surface area contributed by atoms with Crippen LogP contribution in [0.3, 0.4) is 0 Å². The predicted molar refractivity (Wildman–Crippen MR) is 111 cm³/mol. The zero-order chi connectivity index (χ0) is 19.1. The first kappa shape index (κ1) is 16.3. The summed E-state index contributed by atoms with van der Waals surface area (Å²) in [6, 6.07) is 24.4. The van der Waals surface area contributed by atoms with Gasteiger partial charge in [-0.3, -0.25) is 14.3 Å². The van der Waals surface area contributed by atoms with E-state index in [9.17, 15) is 4.79 Å². The summed E-state index contributed by atoms with van der Waals surface area (Å²) < 4.78 is 1.96. The van der Waals surface area contributed by atoms with Crippen molar-refractivity contribution in [2.24, 2.45) is 0 Å². The highest BCUT2D eigenvalue weighted by molar-refractivity contribution is 5.83. The van der Waals surface area contributed by atoms with Crippen molar-refractivity contribution in [3.63, 3.8) is 0 Å². The maximum Gasteiger partial charge on any atom is 0.273 e. The van der Waals surface area contributed by atoms with Crippen LogP contribution in [0.2, 0.25) is 0 Å². The van der Waals surface area contributed by atoms with Crippen molar-refractivity contribution in [1.82, 2.24) is 19.6 Å². The highest BCUT2D eigenvalue weighted by atomic mass is 16.1. The number of aromatic amines is 2. The van der Waals surface area contributed by atoms with E-state index in [4.69, 9.17) is 4.98 Å². The van der Waals surface area contributed by atoms with E-state index in [1.54, 1.807) is 0 Å². The topological polar surface area (TPSA) is 66.0 Å². The van der Waals surface area contributed by atoms with Crippen LogP contribution in [0, 0.1) is 6.92 Å². The number of hydrogen-bond donors (Lipinski definition) is 2. The molecule has 3 aromatic heterocycles. The first-order valence-electron chi connectivity index (χ1n) is 9.13. The molecule has 0 saturated heterocycles. The highest BCUT2D eigenvalue weighted by Gasteiger charge is 2.21. The minimum atomic E-state index is -0.148. The average Bonchev–Trinajstić information content (AvgIpc) is 3.28. The maximum absolute atomic E-state index is 12.5. The molecule has 5 heteroatoms. The van der Waals surface area contributed by atoms with Gasteiger partial charge in [-0.05, 0) is 30.2 Å². The second-order valence-electron chi connectivity index (χ2n) is 6.76. The summed E-state index contributed by atoms with van der Waals surface area (Å²) in [6.45, 7) is 1.89. The third-order valence-electron chi connectivity index (χ3n) is 5.00. The summed E-state index contributed by atoms with van der Waals surface area (Å²) >= 11 is 0. The summed E-state index contributed by atoms with van der Waals surface area (Å²) in [6.07, 6.45) is 1.94. The lowest BCUT2D eigenvalue weighted by atomic mass is 10.0. The Morgan fingerprint density at radius 2 is 1.46 bits per heavy atom. The molecule has 0 atom stereocenters. The van der Waals surface area contributed by atoms with Gasteiger partial charge in [-0.1, -0.05) is 60.7 Å². The zero-order valence-electron chi connectivity index (χ0n) is 15.3. The van der Waals surface area contributed by atoms with Crippen LogP contribution in [0.4, 0.5) is 0 Å². The molecule has 0 aliphatic rings. The van der Waals surface area contributed by atoms with Crippen molar-refractivity contribution in [2.75, 3.05) is 0 Å². The number of H-pyrrole nitrogens is 2. The Balaban J connectivity index is 1.72. The smallest absolute Gasteiger partial charge is 0.273 e. The molecule has 0 unspecified atom stereocenters. The molecular formula is C23H18N4O. The third-order valence-corrected chi connectivity index (χ3v) is 5.00. The van der Waals surface area contributed by atoms with Crippen LogP contribution in [0.1, 0.15) is 5.69 Å². The molecule has 5 rings (SSSR count). The van der Waals surface area contributed by atoms with Crippen LogP contribution >= 0.6 is 0 Å². The Morgan fingerprint density at radius 3 is 2.18 bits per heavy atom. The number of aromatic nitrogens is 4. The zero-order valence-corrected chi connectivity index (χ0v) is 15.3. The molecule has 0 radical (unpaired) electrons. The molecule has 0 fully saturated rings. The van der Waals surface area contributed by atoms with Crippen molar-refractivity contribution in [3.05, 3.63) is 95.0 Å².